The fraction of sp³-hybridized carbons (Fsp3) is 0.538. The van der Waals surface area contributed by atoms with Crippen LogP contribution in [-0.2, 0) is 4.74 Å². The molecule has 3 unspecified atom stereocenters. The maximum absolute atomic E-state index is 13.2. The highest BCUT2D eigenvalue weighted by Crippen LogP contribution is 2.30. The summed E-state index contributed by atoms with van der Waals surface area (Å²) in [7, 11) is 0. The number of carbonyl (C=O) groups excluding carboxylic acids is 1. The molecule has 9 nitrogen and oxygen atoms in total. The molecule has 0 aliphatic carbocycles. The maximum Gasteiger partial charge on any atom is 0.293 e. The van der Waals surface area contributed by atoms with Crippen LogP contribution in [0.3, 0.4) is 0 Å². The van der Waals surface area contributed by atoms with Gasteiger partial charge in [-0.3, -0.25) is 24.8 Å². The number of nitro groups is 1. The number of hydrogen-bond donors (Lipinski definition) is 1. The fourth-order valence-electron chi connectivity index (χ4n) is 5.18. The summed E-state index contributed by atoms with van der Waals surface area (Å²) in [6.07, 6.45) is 4.07. The third kappa shape index (κ3) is 6.35. The van der Waals surface area contributed by atoms with E-state index in [-0.39, 0.29) is 29.8 Å². The van der Waals surface area contributed by atoms with Gasteiger partial charge in [-0.1, -0.05) is 6.07 Å². The van der Waals surface area contributed by atoms with Gasteiger partial charge < -0.3 is 15.0 Å². The summed E-state index contributed by atoms with van der Waals surface area (Å²) < 4.78 is 5.83. The van der Waals surface area contributed by atoms with Crippen LogP contribution >= 0.6 is 0 Å². The van der Waals surface area contributed by atoms with Crippen molar-refractivity contribution >= 4 is 17.3 Å². The molecule has 188 valence electrons. The number of piperidine rings is 1. The minimum atomic E-state index is -0.444. The quantitative estimate of drug-likeness (QED) is 0.469. The molecule has 2 aliphatic heterocycles. The van der Waals surface area contributed by atoms with E-state index in [0.717, 1.165) is 38.2 Å². The molecule has 0 bridgehead atoms. The van der Waals surface area contributed by atoms with E-state index >= 15 is 0 Å². The molecule has 1 amide bonds. The number of carbonyl (C=O) groups is 1. The van der Waals surface area contributed by atoms with Crippen LogP contribution < -0.4 is 5.32 Å². The number of benzene rings is 1. The van der Waals surface area contributed by atoms with Crippen LogP contribution in [-0.4, -0.2) is 70.5 Å². The largest absolute Gasteiger partial charge is 0.373 e. The first-order valence-corrected chi connectivity index (χ1v) is 12.4. The lowest BCUT2D eigenvalue weighted by molar-refractivity contribution is -0.384. The van der Waals surface area contributed by atoms with E-state index in [9.17, 15) is 14.9 Å². The van der Waals surface area contributed by atoms with Gasteiger partial charge in [-0.25, -0.2) is 0 Å². The van der Waals surface area contributed by atoms with Gasteiger partial charge in [0.15, 0.2) is 0 Å². The molecule has 2 aliphatic rings. The molecule has 1 aromatic heterocycles. The lowest BCUT2D eigenvalue weighted by Gasteiger charge is -2.39. The zero-order valence-electron chi connectivity index (χ0n) is 20.7. The number of amides is 1. The Morgan fingerprint density at radius 1 is 1.20 bits per heavy atom. The Labute approximate surface area is 206 Å². The molecule has 3 heterocycles. The Morgan fingerprint density at radius 3 is 2.54 bits per heavy atom. The van der Waals surface area contributed by atoms with E-state index in [1.807, 2.05) is 30.0 Å². The number of nitro benzene ring substituents is 1. The second kappa shape index (κ2) is 11.1. The van der Waals surface area contributed by atoms with Gasteiger partial charge in [0.2, 0.25) is 0 Å². The van der Waals surface area contributed by atoms with Gasteiger partial charge in [0, 0.05) is 50.6 Å². The monoisotopic (exact) mass is 481 g/mol. The summed E-state index contributed by atoms with van der Waals surface area (Å²) in [5, 5.41) is 14.9. The first kappa shape index (κ1) is 25.1. The van der Waals surface area contributed by atoms with Crippen molar-refractivity contribution in [2.75, 3.05) is 38.0 Å². The van der Waals surface area contributed by atoms with Crippen LogP contribution in [0.4, 0.5) is 11.4 Å². The van der Waals surface area contributed by atoms with Crippen LogP contribution in [0.2, 0.25) is 0 Å². The van der Waals surface area contributed by atoms with E-state index in [1.165, 1.54) is 6.07 Å². The minimum Gasteiger partial charge on any atom is -0.373 e. The fourth-order valence-corrected chi connectivity index (χ4v) is 5.18. The number of pyridine rings is 1. The number of nitrogens with one attached hydrogen (secondary N) is 1. The third-order valence-electron chi connectivity index (χ3n) is 6.86. The van der Waals surface area contributed by atoms with Crippen LogP contribution in [0.1, 0.15) is 55.7 Å². The molecule has 3 atom stereocenters. The average Bonchev–Trinajstić information content (AvgIpc) is 2.84. The summed E-state index contributed by atoms with van der Waals surface area (Å²) in [6, 6.07) is 10.0. The molecule has 1 N–H and O–H groups in total. The topological polar surface area (TPSA) is 101 Å². The molecular weight excluding hydrogens is 446 g/mol. The molecular formula is C26H35N5O4. The van der Waals surface area contributed by atoms with Crippen molar-refractivity contribution in [1.82, 2.24) is 14.8 Å². The van der Waals surface area contributed by atoms with Crippen molar-refractivity contribution in [2.45, 2.75) is 51.9 Å². The zero-order chi connectivity index (χ0) is 24.9. The van der Waals surface area contributed by atoms with Crippen molar-refractivity contribution in [3.05, 3.63) is 64.0 Å². The number of nitrogens with zero attached hydrogens (tertiary/aromatic N) is 4. The van der Waals surface area contributed by atoms with E-state index < -0.39 is 4.92 Å². The smallest absolute Gasteiger partial charge is 0.293 e. The number of likely N-dealkylation sites (tertiary alicyclic amines) is 1. The second-order valence-corrected chi connectivity index (χ2v) is 9.82. The average molecular weight is 482 g/mol. The summed E-state index contributed by atoms with van der Waals surface area (Å²) in [4.78, 5) is 33.1. The highest BCUT2D eigenvalue weighted by Gasteiger charge is 2.29. The maximum atomic E-state index is 13.2. The number of anilines is 1. The lowest BCUT2D eigenvalue weighted by Crippen LogP contribution is -2.48. The van der Waals surface area contributed by atoms with E-state index in [2.05, 4.69) is 29.0 Å². The Kier molecular flexibility index (Phi) is 7.97. The Hall–Kier alpha value is -3.04. The number of hydrogen-bond acceptors (Lipinski definition) is 7. The molecule has 0 saturated carbocycles. The van der Waals surface area contributed by atoms with Crippen molar-refractivity contribution < 1.29 is 14.5 Å². The van der Waals surface area contributed by atoms with Crippen molar-refractivity contribution in [3.8, 4) is 0 Å². The molecule has 0 radical (unpaired) electrons. The van der Waals surface area contributed by atoms with Gasteiger partial charge in [0.25, 0.3) is 11.6 Å². The summed E-state index contributed by atoms with van der Waals surface area (Å²) >= 11 is 0. The predicted octanol–water partition coefficient (Wildman–Crippen LogP) is 4.12. The Morgan fingerprint density at radius 2 is 1.91 bits per heavy atom. The molecule has 9 heteroatoms. The standard InChI is InChI=1S/C26H35N5O4/c1-18-15-29(16-19(2)35-18)17-21-9-12-30(13-10-21)26(32)22-7-8-24(25(14-22)31(33)34)28-20(3)23-6-4-5-11-27-23/h4-8,11,14,18-21,28H,9-10,12-13,15-17H2,1-3H3. The highest BCUT2D eigenvalue weighted by atomic mass is 16.6. The highest BCUT2D eigenvalue weighted by molar-refractivity contribution is 5.95. The molecule has 35 heavy (non-hydrogen) atoms. The van der Waals surface area contributed by atoms with Crippen molar-refractivity contribution in [3.63, 3.8) is 0 Å². The van der Waals surface area contributed by atoms with Gasteiger partial charge in [0.05, 0.1) is 28.9 Å². The van der Waals surface area contributed by atoms with Crippen LogP contribution in [0.5, 0.6) is 0 Å². The van der Waals surface area contributed by atoms with E-state index in [0.29, 0.717) is 30.3 Å². The number of aromatic nitrogens is 1. The second-order valence-electron chi connectivity index (χ2n) is 9.82. The number of morpholine rings is 1. The van der Waals surface area contributed by atoms with Crippen molar-refractivity contribution in [2.24, 2.45) is 5.92 Å². The Bertz CT molecular complexity index is 1020. The van der Waals surface area contributed by atoms with Crippen molar-refractivity contribution in [1.29, 1.82) is 0 Å². The third-order valence-corrected chi connectivity index (χ3v) is 6.86. The zero-order valence-corrected chi connectivity index (χ0v) is 20.7. The SMILES string of the molecule is CC1CN(CC2CCN(C(=O)c3ccc(NC(C)c4ccccn4)c([N+](=O)[O-])c3)CC2)CC(C)O1. The number of ether oxygens (including phenoxy) is 1. The lowest BCUT2D eigenvalue weighted by atomic mass is 9.95. The summed E-state index contributed by atoms with van der Waals surface area (Å²) in [5.74, 6) is 0.398. The molecule has 2 aromatic rings. The van der Waals surface area contributed by atoms with Crippen LogP contribution in [0.15, 0.2) is 42.6 Å². The molecule has 1 aromatic carbocycles. The van der Waals surface area contributed by atoms with Gasteiger partial charge in [-0.2, -0.15) is 0 Å². The number of rotatable bonds is 7. The first-order chi connectivity index (χ1) is 16.8. The molecule has 0 spiro atoms. The van der Waals surface area contributed by atoms with Gasteiger partial charge in [0.1, 0.15) is 5.69 Å². The summed E-state index contributed by atoms with van der Waals surface area (Å²) in [6.45, 7) is 10.4. The van der Waals surface area contributed by atoms with E-state index in [4.69, 9.17) is 4.74 Å². The molecule has 2 saturated heterocycles. The normalized spacial score (nSPS) is 22.5. The van der Waals surface area contributed by atoms with Gasteiger partial charge in [-0.15, -0.1) is 0 Å². The molecule has 2 fully saturated rings. The van der Waals surface area contributed by atoms with Crippen LogP contribution in [0.25, 0.3) is 0 Å². The first-order valence-electron chi connectivity index (χ1n) is 12.4. The Balaban J connectivity index is 1.37. The predicted molar refractivity (Wildman–Crippen MR) is 134 cm³/mol. The molecule has 4 rings (SSSR count). The van der Waals surface area contributed by atoms with Crippen LogP contribution in [0, 0.1) is 16.0 Å². The minimum absolute atomic E-state index is 0.107. The van der Waals surface area contributed by atoms with Gasteiger partial charge in [-0.05, 0) is 63.8 Å². The van der Waals surface area contributed by atoms with Gasteiger partial charge >= 0.3 is 0 Å². The summed E-state index contributed by atoms with van der Waals surface area (Å²) in [5.41, 5.74) is 1.40. The van der Waals surface area contributed by atoms with E-state index in [1.54, 1.807) is 18.3 Å².